The first-order valence-corrected chi connectivity index (χ1v) is 10.9. The highest BCUT2D eigenvalue weighted by Crippen LogP contribution is 2.30. The van der Waals surface area contributed by atoms with Gasteiger partial charge in [-0.25, -0.2) is 0 Å². The molecule has 0 fully saturated rings. The summed E-state index contributed by atoms with van der Waals surface area (Å²) in [6.07, 6.45) is 4.94. The summed E-state index contributed by atoms with van der Waals surface area (Å²) in [5.41, 5.74) is 4.65. The first-order chi connectivity index (χ1) is 17.1. The lowest BCUT2D eigenvalue weighted by molar-refractivity contribution is 0.417. The minimum atomic E-state index is -0.0760. The fourth-order valence-electron chi connectivity index (χ4n) is 3.82. The van der Waals surface area contributed by atoms with Crippen molar-refractivity contribution in [3.8, 4) is 11.4 Å². The van der Waals surface area contributed by atoms with Crippen molar-refractivity contribution in [3.05, 3.63) is 115 Å². The fourth-order valence-corrected chi connectivity index (χ4v) is 3.82. The number of benzene rings is 3. The Kier molecular flexibility index (Phi) is 5.68. The third-order valence-corrected chi connectivity index (χ3v) is 5.54. The molecule has 0 saturated heterocycles. The van der Waals surface area contributed by atoms with E-state index in [-0.39, 0.29) is 17.9 Å². The van der Waals surface area contributed by atoms with Crippen molar-refractivity contribution in [2.45, 2.75) is 6.42 Å². The van der Waals surface area contributed by atoms with Gasteiger partial charge in [-0.3, -0.25) is 0 Å². The lowest BCUT2D eigenvalue weighted by Crippen LogP contribution is -2.07. The molecule has 2 heterocycles. The molecule has 8 heteroatoms. The Hall–Kier alpha value is -4.98. The van der Waals surface area contributed by atoms with Gasteiger partial charge in [0.05, 0.1) is 0 Å². The SMILES string of the molecule is C=C/C=C(Cc1cccc(-n2nc3ccccc3n2)c1O)\C(O)=C(/C=C)n1nc2ccccc2n1. The van der Waals surface area contributed by atoms with E-state index in [1.165, 1.54) is 15.7 Å². The van der Waals surface area contributed by atoms with Gasteiger partial charge in [0.2, 0.25) is 0 Å². The van der Waals surface area contributed by atoms with Crippen LogP contribution in [0.4, 0.5) is 0 Å². The number of aromatic nitrogens is 6. The lowest BCUT2D eigenvalue weighted by Gasteiger charge is -2.13. The molecule has 35 heavy (non-hydrogen) atoms. The van der Waals surface area contributed by atoms with Crippen molar-refractivity contribution in [3.63, 3.8) is 0 Å². The molecule has 8 nitrogen and oxygen atoms in total. The van der Waals surface area contributed by atoms with Crippen molar-refractivity contribution in [1.82, 2.24) is 30.0 Å². The van der Waals surface area contributed by atoms with Gasteiger partial charge in [0.25, 0.3) is 0 Å². The van der Waals surface area contributed by atoms with E-state index in [2.05, 4.69) is 33.6 Å². The van der Waals surface area contributed by atoms with E-state index in [1.807, 2.05) is 48.5 Å². The highest BCUT2D eigenvalue weighted by molar-refractivity contribution is 5.75. The van der Waals surface area contributed by atoms with E-state index in [4.69, 9.17) is 0 Å². The van der Waals surface area contributed by atoms with Crippen LogP contribution >= 0.6 is 0 Å². The summed E-state index contributed by atoms with van der Waals surface area (Å²) < 4.78 is 0. The predicted octanol–water partition coefficient (Wildman–Crippen LogP) is 5.14. The number of para-hydroxylation sites is 1. The molecule has 2 aromatic heterocycles. The first-order valence-electron chi connectivity index (χ1n) is 10.9. The van der Waals surface area contributed by atoms with E-state index in [1.54, 1.807) is 30.4 Å². The molecule has 5 rings (SSSR count). The lowest BCUT2D eigenvalue weighted by atomic mass is 10.0. The van der Waals surface area contributed by atoms with E-state index in [0.29, 0.717) is 33.6 Å². The zero-order valence-corrected chi connectivity index (χ0v) is 18.8. The molecule has 0 atom stereocenters. The van der Waals surface area contributed by atoms with Crippen LogP contribution in [0.15, 0.2) is 109 Å². The van der Waals surface area contributed by atoms with Crippen molar-refractivity contribution in [2.75, 3.05) is 0 Å². The zero-order chi connectivity index (χ0) is 24.4. The van der Waals surface area contributed by atoms with Gasteiger partial charge in [0.1, 0.15) is 45.0 Å². The van der Waals surface area contributed by atoms with Crippen LogP contribution in [0.25, 0.3) is 33.5 Å². The number of hydrogen-bond acceptors (Lipinski definition) is 6. The van der Waals surface area contributed by atoms with Gasteiger partial charge in [-0.05, 0) is 36.4 Å². The van der Waals surface area contributed by atoms with E-state index < -0.39 is 0 Å². The van der Waals surface area contributed by atoms with E-state index >= 15 is 0 Å². The van der Waals surface area contributed by atoms with E-state index in [9.17, 15) is 10.2 Å². The maximum atomic E-state index is 11.2. The number of aliphatic hydroxyl groups excluding tert-OH is 1. The smallest absolute Gasteiger partial charge is 0.146 e. The number of aromatic hydroxyl groups is 1. The monoisotopic (exact) mass is 462 g/mol. The Labute approximate surface area is 201 Å². The third kappa shape index (κ3) is 4.08. The molecule has 5 aromatic rings. The number of rotatable bonds is 7. The van der Waals surface area contributed by atoms with Crippen LogP contribution in [0, 0.1) is 0 Å². The molecule has 0 aliphatic heterocycles. The highest BCUT2D eigenvalue weighted by Gasteiger charge is 2.17. The highest BCUT2D eigenvalue weighted by atomic mass is 16.3. The number of phenolic OH excluding ortho intramolecular Hbond substituents is 1. The van der Waals surface area contributed by atoms with Crippen molar-refractivity contribution < 1.29 is 10.2 Å². The number of allylic oxidation sites excluding steroid dienone is 5. The Balaban J connectivity index is 1.54. The van der Waals surface area contributed by atoms with Crippen molar-refractivity contribution >= 4 is 27.8 Å². The van der Waals surface area contributed by atoms with Crippen LogP contribution in [0.2, 0.25) is 0 Å². The summed E-state index contributed by atoms with van der Waals surface area (Å²) in [6, 6.07) is 20.2. The van der Waals surface area contributed by atoms with Crippen LogP contribution < -0.4 is 0 Å². The normalized spacial score (nSPS) is 12.6. The molecule has 172 valence electrons. The number of phenols is 1. The Morgan fingerprint density at radius 3 is 1.91 bits per heavy atom. The van der Waals surface area contributed by atoms with Crippen molar-refractivity contribution in [2.24, 2.45) is 0 Å². The van der Waals surface area contributed by atoms with Gasteiger partial charge >= 0.3 is 0 Å². The molecule has 2 N–H and O–H groups in total. The zero-order valence-electron chi connectivity index (χ0n) is 18.8. The second-order valence-corrected chi connectivity index (χ2v) is 7.78. The molecule has 0 spiro atoms. The third-order valence-electron chi connectivity index (χ3n) is 5.54. The molecule has 0 bridgehead atoms. The minimum absolute atomic E-state index is 0.0127. The summed E-state index contributed by atoms with van der Waals surface area (Å²) in [7, 11) is 0. The molecule has 0 aliphatic carbocycles. The van der Waals surface area contributed by atoms with Crippen LogP contribution in [0.1, 0.15) is 5.56 Å². The number of fused-ring (bicyclic) bond motifs is 2. The largest absolute Gasteiger partial charge is 0.505 e. The van der Waals surface area contributed by atoms with Gasteiger partial charge in [0.15, 0.2) is 0 Å². The van der Waals surface area contributed by atoms with Gasteiger partial charge in [0, 0.05) is 17.6 Å². The molecule has 0 radical (unpaired) electrons. The molecule has 0 aliphatic rings. The summed E-state index contributed by atoms with van der Waals surface area (Å²) in [4.78, 5) is 2.75. The van der Waals surface area contributed by atoms with Gasteiger partial charge in [-0.1, -0.05) is 61.7 Å². The fraction of sp³-hybridized carbons (Fsp3) is 0.0370. The Morgan fingerprint density at radius 2 is 1.37 bits per heavy atom. The van der Waals surface area contributed by atoms with Gasteiger partial charge in [-0.2, -0.15) is 0 Å². The standard InChI is InChI=1S/C27H22N6O2/c1-3-10-18(26(34)24(4-2)32-28-20-12-5-6-13-21(20)29-32)17-19-11-9-16-25(27(19)35)33-30-22-14-7-8-15-23(22)31-33/h3-16,34-35H,1-2,17H2/b18-10-,26-24-. The second-order valence-electron chi connectivity index (χ2n) is 7.78. The molecule has 0 unspecified atom stereocenters. The van der Waals surface area contributed by atoms with Gasteiger partial charge in [-0.15, -0.1) is 30.0 Å². The average Bonchev–Trinajstić information content (AvgIpc) is 3.49. The van der Waals surface area contributed by atoms with E-state index in [0.717, 1.165) is 11.0 Å². The maximum Gasteiger partial charge on any atom is 0.146 e. The average molecular weight is 463 g/mol. The molecule has 0 amide bonds. The molecule has 3 aromatic carbocycles. The minimum Gasteiger partial charge on any atom is -0.505 e. The van der Waals surface area contributed by atoms with Crippen LogP contribution in [-0.4, -0.2) is 40.2 Å². The molecular formula is C27H22N6O2. The Bertz CT molecular complexity index is 1570. The Morgan fingerprint density at radius 1 is 0.800 bits per heavy atom. The maximum absolute atomic E-state index is 11.2. The first kappa shape index (κ1) is 21.8. The molecular weight excluding hydrogens is 440 g/mol. The number of hydrogen-bond donors (Lipinski definition) is 2. The summed E-state index contributed by atoms with van der Waals surface area (Å²) in [6.45, 7) is 7.60. The van der Waals surface area contributed by atoms with Crippen LogP contribution in [-0.2, 0) is 6.42 Å². The second kappa shape index (κ2) is 9.11. The summed E-state index contributed by atoms with van der Waals surface area (Å²) in [5.74, 6) is -0.0633. The summed E-state index contributed by atoms with van der Waals surface area (Å²) >= 11 is 0. The van der Waals surface area contributed by atoms with Crippen LogP contribution in [0.5, 0.6) is 5.75 Å². The predicted molar refractivity (Wildman–Crippen MR) is 136 cm³/mol. The number of nitrogens with zero attached hydrogens (tertiary/aromatic N) is 6. The van der Waals surface area contributed by atoms with Crippen molar-refractivity contribution in [1.29, 1.82) is 0 Å². The summed E-state index contributed by atoms with van der Waals surface area (Å²) in [5, 5.41) is 40.1. The topological polar surface area (TPSA) is 102 Å². The number of aliphatic hydroxyl groups is 1. The van der Waals surface area contributed by atoms with Gasteiger partial charge < -0.3 is 10.2 Å². The quantitative estimate of drug-likeness (QED) is 0.257. The van der Waals surface area contributed by atoms with Crippen LogP contribution in [0.3, 0.4) is 0 Å². The molecule has 0 saturated carbocycles.